The molecule has 0 radical (unpaired) electrons. The van der Waals surface area contributed by atoms with Gasteiger partial charge < -0.3 is 14.6 Å². The Balaban J connectivity index is 3.31. The second kappa shape index (κ2) is 7.03. The first-order valence-electron chi connectivity index (χ1n) is 4.36. The number of rotatable bonds is 7. The molecule has 14 heavy (non-hydrogen) atoms. The number of aliphatic hydroxyl groups is 1. The number of ether oxygens (including phenoxy) is 2. The van der Waals surface area contributed by atoms with Crippen molar-refractivity contribution in [2.24, 2.45) is 0 Å². The number of alkyl halides is 3. The molecule has 0 aliphatic heterocycles. The average Bonchev–Trinajstić information content (AvgIpc) is 2.02. The Bertz CT molecular complexity index is 138. The highest BCUT2D eigenvalue weighted by Crippen LogP contribution is 2.14. The summed E-state index contributed by atoms with van der Waals surface area (Å²) >= 11 is 0. The number of hydrogen-bond donors (Lipinski definition) is 1. The Morgan fingerprint density at radius 1 is 1.21 bits per heavy atom. The van der Waals surface area contributed by atoms with Crippen molar-refractivity contribution in [3.63, 3.8) is 0 Å². The maximum Gasteiger partial charge on any atom is 0.411 e. The van der Waals surface area contributed by atoms with E-state index in [2.05, 4.69) is 4.74 Å². The fraction of sp³-hybridized carbons (Fsp3) is 1.00. The Hall–Kier alpha value is -0.330. The highest BCUT2D eigenvalue weighted by Gasteiger charge is 2.27. The number of halogens is 3. The molecule has 1 N–H and O–H groups in total. The zero-order chi connectivity index (χ0) is 11.0. The third kappa shape index (κ3) is 9.76. The second-order valence-electron chi connectivity index (χ2n) is 2.86. The lowest BCUT2D eigenvalue weighted by molar-refractivity contribution is -0.180. The Kier molecular flexibility index (Phi) is 6.86. The molecule has 0 aliphatic carbocycles. The lowest BCUT2D eigenvalue weighted by Crippen LogP contribution is -2.26. The average molecular weight is 216 g/mol. The van der Waals surface area contributed by atoms with Crippen molar-refractivity contribution in [3.05, 3.63) is 0 Å². The summed E-state index contributed by atoms with van der Waals surface area (Å²) in [5.41, 5.74) is 0. The predicted molar refractivity (Wildman–Crippen MR) is 44.0 cm³/mol. The monoisotopic (exact) mass is 216 g/mol. The lowest BCUT2D eigenvalue weighted by atomic mass is 10.4. The van der Waals surface area contributed by atoms with Crippen molar-refractivity contribution < 1.29 is 27.8 Å². The van der Waals surface area contributed by atoms with E-state index in [0.29, 0.717) is 6.61 Å². The second-order valence-corrected chi connectivity index (χ2v) is 2.86. The van der Waals surface area contributed by atoms with Crippen LogP contribution in [-0.2, 0) is 9.47 Å². The smallest absolute Gasteiger partial charge is 0.388 e. The summed E-state index contributed by atoms with van der Waals surface area (Å²) in [6, 6.07) is 0. The van der Waals surface area contributed by atoms with Crippen LogP contribution in [0.5, 0.6) is 0 Å². The van der Waals surface area contributed by atoms with E-state index in [4.69, 9.17) is 9.84 Å². The van der Waals surface area contributed by atoms with Gasteiger partial charge in [-0.3, -0.25) is 0 Å². The van der Waals surface area contributed by atoms with Crippen LogP contribution in [0.4, 0.5) is 13.2 Å². The summed E-state index contributed by atoms with van der Waals surface area (Å²) in [5.74, 6) is 0. The van der Waals surface area contributed by atoms with Crippen molar-refractivity contribution in [1.82, 2.24) is 0 Å². The van der Waals surface area contributed by atoms with Gasteiger partial charge in [0.15, 0.2) is 0 Å². The molecule has 0 saturated heterocycles. The molecule has 1 unspecified atom stereocenters. The molecule has 0 heterocycles. The van der Waals surface area contributed by atoms with Crippen LogP contribution < -0.4 is 0 Å². The highest BCUT2D eigenvalue weighted by atomic mass is 19.4. The topological polar surface area (TPSA) is 38.7 Å². The van der Waals surface area contributed by atoms with Gasteiger partial charge in [-0.25, -0.2) is 0 Å². The molecule has 6 heteroatoms. The van der Waals surface area contributed by atoms with Crippen molar-refractivity contribution in [3.8, 4) is 0 Å². The molecule has 0 bridgehead atoms. The molecular formula is C8H15F3O3. The summed E-state index contributed by atoms with van der Waals surface area (Å²) in [6.07, 6.45) is -4.54. The van der Waals surface area contributed by atoms with E-state index in [1.54, 1.807) is 0 Å². The summed E-state index contributed by atoms with van der Waals surface area (Å²) < 4.78 is 43.9. The number of hydrogen-bond acceptors (Lipinski definition) is 3. The maximum atomic E-state index is 11.6. The molecular weight excluding hydrogens is 201 g/mol. The van der Waals surface area contributed by atoms with Crippen LogP contribution in [0.1, 0.15) is 13.3 Å². The van der Waals surface area contributed by atoms with Gasteiger partial charge in [-0.2, -0.15) is 13.2 Å². The normalized spacial score (nSPS) is 14.4. The van der Waals surface area contributed by atoms with Crippen LogP contribution in [-0.4, -0.2) is 43.8 Å². The minimum atomic E-state index is -4.34. The first kappa shape index (κ1) is 13.7. The molecule has 3 nitrogen and oxygen atoms in total. The molecule has 0 aromatic heterocycles. The predicted octanol–water partition coefficient (Wildman–Crippen LogP) is 1.35. The van der Waals surface area contributed by atoms with Crippen LogP contribution in [0.15, 0.2) is 0 Å². The summed E-state index contributed by atoms with van der Waals surface area (Å²) in [7, 11) is 0. The van der Waals surface area contributed by atoms with E-state index in [1.807, 2.05) is 6.92 Å². The van der Waals surface area contributed by atoms with E-state index in [9.17, 15) is 13.2 Å². The van der Waals surface area contributed by atoms with Crippen LogP contribution in [0.2, 0.25) is 0 Å². The SMILES string of the molecule is CCCOCC(O)COCC(F)(F)F. The van der Waals surface area contributed by atoms with Gasteiger partial charge in [0.1, 0.15) is 12.7 Å². The third-order valence-electron chi connectivity index (χ3n) is 1.23. The summed E-state index contributed by atoms with van der Waals surface area (Å²) in [5, 5.41) is 9.06. The molecule has 0 aromatic rings. The zero-order valence-corrected chi connectivity index (χ0v) is 8.01. The molecule has 0 fully saturated rings. The quantitative estimate of drug-likeness (QED) is 0.653. The van der Waals surface area contributed by atoms with Crippen LogP contribution in [0.3, 0.4) is 0 Å². The molecule has 0 spiro atoms. The molecule has 0 aliphatic rings. The van der Waals surface area contributed by atoms with Gasteiger partial charge in [-0.05, 0) is 6.42 Å². The van der Waals surface area contributed by atoms with Gasteiger partial charge in [0.2, 0.25) is 0 Å². The van der Waals surface area contributed by atoms with Gasteiger partial charge in [0, 0.05) is 6.61 Å². The zero-order valence-electron chi connectivity index (χ0n) is 8.01. The fourth-order valence-corrected chi connectivity index (χ4v) is 0.723. The maximum absolute atomic E-state index is 11.6. The van der Waals surface area contributed by atoms with Gasteiger partial charge in [-0.1, -0.05) is 6.92 Å². The van der Waals surface area contributed by atoms with E-state index in [-0.39, 0.29) is 13.2 Å². The van der Waals surface area contributed by atoms with Crippen molar-refractivity contribution in [2.45, 2.75) is 25.6 Å². The van der Waals surface area contributed by atoms with Gasteiger partial charge >= 0.3 is 6.18 Å². The van der Waals surface area contributed by atoms with E-state index in [0.717, 1.165) is 6.42 Å². The molecule has 0 amide bonds. The van der Waals surface area contributed by atoms with Gasteiger partial charge in [-0.15, -0.1) is 0 Å². The Morgan fingerprint density at radius 3 is 2.29 bits per heavy atom. The first-order valence-corrected chi connectivity index (χ1v) is 4.36. The first-order chi connectivity index (χ1) is 6.45. The van der Waals surface area contributed by atoms with E-state index < -0.39 is 18.9 Å². The molecule has 1 atom stereocenters. The molecule has 86 valence electrons. The molecule has 0 rings (SSSR count). The minimum Gasteiger partial charge on any atom is -0.388 e. The van der Waals surface area contributed by atoms with E-state index in [1.165, 1.54) is 0 Å². The third-order valence-corrected chi connectivity index (χ3v) is 1.23. The Morgan fingerprint density at radius 2 is 1.79 bits per heavy atom. The molecule has 0 aromatic carbocycles. The molecule has 0 saturated carbocycles. The Labute approximate surface area is 80.8 Å². The van der Waals surface area contributed by atoms with Crippen LogP contribution in [0.25, 0.3) is 0 Å². The largest absolute Gasteiger partial charge is 0.411 e. The fourth-order valence-electron chi connectivity index (χ4n) is 0.723. The van der Waals surface area contributed by atoms with Gasteiger partial charge in [0.05, 0.1) is 13.2 Å². The van der Waals surface area contributed by atoms with Crippen molar-refractivity contribution >= 4 is 0 Å². The van der Waals surface area contributed by atoms with Gasteiger partial charge in [0.25, 0.3) is 0 Å². The summed E-state index contributed by atoms with van der Waals surface area (Å²) in [6.45, 7) is 0.690. The summed E-state index contributed by atoms with van der Waals surface area (Å²) in [4.78, 5) is 0. The van der Waals surface area contributed by atoms with E-state index >= 15 is 0 Å². The lowest BCUT2D eigenvalue weighted by Gasteiger charge is -2.12. The standard InChI is InChI=1S/C8H15F3O3/c1-2-3-13-4-7(12)5-14-6-8(9,10)11/h7,12H,2-6H2,1H3. The highest BCUT2D eigenvalue weighted by molar-refractivity contribution is 4.53. The van der Waals surface area contributed by atoms with Crippen LogP contribution >= 0.6 is 0 Å². The van der Waals surface area contributed by atoms with Crippen molar-refractivity contribution in [2.75, 3.05) is 26.4 Å². The van der Waals surface area contributed by atoms with Crippen LogP contribution in [0, 0.1) is 0 Å². The van der Waals surface area contributed by atoms with Crippen molar-refractivity contribution in [1.29, 1.82) is 0 Å². The minimum absolute atomic E-state index is 0.00565. The number of aliphatic hydroxyl groups excluding tert-OH is 1.